The molecule has 11 heteroatoms. The van der Waals surface area contributed by atoms with Crippen molar-refractivity contribution < 1.29 is 54.4 Å². The monoisotopic (exact) mass is 582 g/mol. The van der Waals surface area contributed by atoms with Crippen LogP contribution in [0.4, 0.5) is 0 Å². The molecule has 0 spiro atoms. The van der Waals surface area contributed by atoms with Crippen LogP contribution in [0.15, 0.2) is 11.6 Å². The maximum atomic E-state index is 12.4. The first kappa shape index (κ1) is 29.9. The summed E-state index contributed by atoms with van der Waals surface area (Å²) in [6, 6.07) is 0. The van der Waals surface area contributed by atoms with Gasteiger partial charge in [-0.05, 0) is 80.6 Å². The molecule has 0 bridgehead atoms. The fourth-order valence-electron chi connectivity index (χ4n) is 10.3. The number of aliphatic hydroxyl groups is 6. The second-order valence-corrected chi connectivity index (χ2v) is 13.8. The Morgan fingerprint density at radius 3 is 2.51 bits per heavy atom. The molecule has 41 heavy (non-hydrogen) atoms. The average Bonchev–Trinajstić information content (AvgIpc) is 3.49. The third-order valence-corrected chi connectivity index (χ3v) is 12.3. The van der Waals surface area contributed by atoms with E-state index in [4.69, 9.17) is 18.9 Å². The van der Waals surface area contributed by atoms with E-state index in [2.05, 4.69) is 6.92 Å². The molecule has 6 N–H and O–H groups in total. The zero-order valence-electron chi connectivity index (χ0n) is 23.9. The van der Waals surface area contributed by atoms with Crippen molar-refractivity contribution in [1.29, 1.82) is 0 Å². The summed E-state index contributed by atoms with van der Waals surface area (Å²) in [7, 11) is 1.38. The van der Waals surface area contributed by atoms with Crippen LogP contribution in [0.5, 0.6) is 0 Å². The van der Waals surface area contributed by atoms with Crippen LogP contribution in [0, 0.1) is 34.5 Å². The Labute approximate surface area is 240 Å². The molecule has 2 aliphatic heterocycles. The fraction of sp³-hybridized carbons (Fsp3) is 0.900. The number of rotatable bonds is 6. The molecule has 14 atom stereocenters. The molecule has 0 aromatic rings. The van der Waals surface area contributed by atoms with E-state index in [1.54, 1.807) is 6.08 Å². The van der Waals surface area contributed by atoms with Crippen LogP contribution in [-0.4, -0.2) is 112 Å². The first-order chi connectivity index (χ1) is 19.5. The molecular weight excluding hydrogens is 536 g/mol. The van der Waals surface area contributed by atoms with E-state index in [-0.39, 0.29) is 49.0 Å². The summed E-state index contributed by atoms with van der Waals surface area (Å²) in [4.78, 5) is 11.8. The SMILES string of the molecule is COC1C(O)C(CO)OC(OC2CCC3(CO)C(CCC4C3C(O)CC3(C)C(C5=CC(=O)OC5)CCC43O)C2)C1O. The second kappa shape index (κ2) is 10.8. The lowest BCUT2D eigenvalue weighted by molar-refractivity contribution is -0.321. The zero-order chi connectivity index (χ0) is 29.3. The van der Waals surface area contributed by atoms with Crippen molar-refractivity contribution in [3.8, 4) is 0 Å². The number of hydrogen-bond acceptors (Lipinski definition) is 11. The molecule has 11 nitrogen and oxygen atoms in total. The predicted molar refractivity (Wildman–Crippen MR) is 142 cm³/mol. The van der Waals surface area contributed by atoms with Crippen molar-refractivity contribution >= 4 is 5.97 Å². The van der Waals surface area contributed by atoms with E-state index in [1.165, 1.54) is 7.11 Å². The molecule has 6 aliphatic rings. The number of esters is 1. The van der Waals surface area contributed by atoms with Gasteiger partial charge < -0.3 is 49.6 Å². The van der Waals surface area contributed by atoms with Gasteiger partial charge in [0, 0.05) is 30.6 Å². The summed E-state index contributed by atoms with van der Waals surface area (Å²) < 4.78 is 22.4. The first-order valence-corrected chi connectivity index (χ1v) is 15.2. The number of cyclic esters (lactones) is 1. The summed E-state index contributed by atoms with van der Waals surface area (Å²) in [6.45, 7) is 1.75. The van der Waals surface area contributed by atoms with Crippen molar-refractivity contribution in [3.05, 3.63) is 11.6 Å². The highest BCUT2D eigenvalue weighted by Gasteiger charge is 2.70. The van der Waals surface area contributed by atoms with E-state index >= 15 is 0 Å². The average molecular weight is 583 g/mol. The summed E-state index contributed by atoms with van der Waals surface area (Å²) in [5, 5.41) is 66.0. The summed E-state index contributed by atoms with van der Waals surface area (Å²) in [5.41, 5.74) is -1.30. The summed E-state index contributed by atoms with van der Waals surface area (Å²) >= 11 is 0. The smallest absolute Gasteiger partial charge is 0.331 e. The van der Waals surface area contributed by atoms with Gasteiger partial charge in [-0.2, -0.15) is 0 Å². The van der Waals surface area contributed by atoms with Gasteiger partial charge in [0.05, 0.1) is 24.4 Å². The van der Waals surface area contributed by atoms with Crippen LogP contribution >= 0.6 is 0 Å². The van der Waals surface area contributed by atoms with Crippen LogP contribution in [-0.2, 0) is 23.7 Å². The van der Waals surface area contributed by atoms with E-state index in [9.17, 15) is 35.4 Å². The number of methoxy groups -OCH3 is 1. The molecule has 4 saturated carbocycles. The van der Waals surface area contributed by atoms with Crippen molar-refractivity contribution in [2.24, 2.45) is 34.5 Å². The quantitative estimate of drug-likeness (QED) is 0.184. The predicted octanol–water partition coefficient (Wildman–Crippen LogP) is 0.0258. The van der Waals surface area contributed by atoms with Crippen LogP contribution in [0.3, 0.4) is 0 Å². The number of carbonyl (C=O) groups excluding carboxylic acids is 1. The first-order valence-electron chi connectivity index (χ1n) is 15.2. The third-order valence-electron chi connectivity index (χ3n) is 12.3. The lowest BCUT2D eigenvalue weighted by Gasteiger charge is -2.65. The van der Waals surface area contributed by atoms with Gasteiger partial charge in [-0.1, -0.05) is 6.92 Å². The highest BCUT2D eigenvalue weighted by molar-refractivity contribution is 5.85. The molecule has 0 aromatic heterocycles. The van der Waals surface area contributed by atoms with Gasteiger partial charge in [-0.3, -0.25) is 0 Å². The molecule has 1 saturated heterocycles. The number of ether oxygens (including phenoxy) is 4. The Kier molecular flexibility index (Phi) is 7.86. The van der Waals surface area contributed by atoms with Crippen LogP contribution in [0.2, 0.25) is 0 Å². The van der Waals surface area contributed by atoms with Gasteiger partial charge in [0.1, 0.15) is 31.0 Å². The Balaban J connectivity index is 1.21. The van der Waals surface area contributed by atoms with Crippen molar-refractivity contribution in [2.45, 2.75) is 107 Å². The number of hydrogen-bond donors (Lipinski definition) is 6. The van der Waals surface area contributed by atoms with Crippen LogP contribution < -0.4 is 0 Å². The Morgan fingerprint density at radius 1 is 1.07 bits per heavy atom. The lowest BCUT2D eigenvalue weighted by Crippen LogP contribution is -2.68. The Bertz CT molecular complexity index is 1040. The van der Waals surface area contributed by atoms with Gasteiger partial charge in [0.2, 0.25) is 0 Å². The minimum atomic E-state index is -1.24. The van der Waals surface area contributed by atoms with Gasteiger partial charge in [0.15, 0.2) is 6.29 Å². The van der Waals surface area contributed by atoms with E-state index < -0.39 is 59.8 Å². The molecule has 0 radical (unpaired) electrons. The maximum Gasteiger partial charge on any atom is 0.331 e. The summed E-state index contributed by atoms with van der Waals surface area (Å²) in [6.07, 6.45) is 0.0377. The summed E-state index contributed by atoms with van der Waals surface area (Å²) in [5.74, 6) is -0.810. The molecular formula is C30H46O11. The van der Waals surface area contributed by atoms with Gasteiger partial charge in [0.25, 0.3) is 0 Å². The second-order valence-electron chi connectivity index (χ2n) is 13.8. The minimum absolute atomic E-state index is 0.0362. The molecule has 0 aromatic carbocycles. The fourth-order valence-corrected chi connectivity index (χ4v) is 10.3. The topological polar surface area (TPSA) is 175 Å². The Hall–Kier alpha value is -1.15. The highest BCUT2D eigenvalue weighted by atomic mass is 16.7. The molecule has 14 unspecified atom stereocenters. The number of aliphatic hydroxyl groups excluding tert-OH is 5. The molecule has 4 aliphatic carbocycles. The van der Waals surface area contributed by atoms with E-state index in [0.29, 0.717) is 38.5 Å². The maximum absolute atomic E-state index is 12.4. The molecule has 5 fully saturated rings. The lowest BCUT2D eigenvalue weighted by atomic mass is 9.42. The van der Waals surface area contributed by atoms with Crippen LogP contribution in [0.25, 0.3) is 0 Å². The van der Waals surface area contributed by atoms with E-state index in [1.807, 2.05) is 0 Å². The highest BCUT2D eigenvalue weighted by Crippen LogP contribution is 2.70. The molecule has 0 amide bonds. The van der Waals surface area contributed by atoms with Gasteiger partial charge in [-0.25, -0.2) is 4.79 Å². The molecule has 232 valence electrons. The molecule has 2 heterocycles. The number of fused-ring (bicyclic) bond motifs is 5. The van der Waals surface area contributed by atoms with Crippen molar-refractivity contribution in [1.82, 2.24) is 0 Å². The van der Waals surface area contributed by atoms with E-state index in [0.717, 1.165) is 18.4 Å². The minimum Gasteiger partial charge on any atom is -0.458 e. The standard InChI is InChI=1S/C30H46O11/c1-28-11-20(33)23-19(30(28,37)8-6-18(28)15-9-22(34)39-13-15)4-3-16-10-17(5-7-29(16,23)14-32)40-27-25(36)26(38-2)24(35)21(12-31)41-27/h9,16-21,23-27,31-33,35-37H,3-8,10-14H2,1-2H3. The third kappa shape index (κ3) is 4.37. The normalized spacial score (nSPS) is 53.2. The zero-order valence-corrected chi connectivity index (χ0v) is 23.9. The molecule has 6 rings (SSSR count). The largest absolute Gasteiger partial charge is 0.458 e. The van der Waals surface area contributed by atoms with Crippen molar-refractivity contribution in [3.63, 3.8) is 0 Å². The van der Waals surface area contributed by atoms with Gasteiger partial charge >= 0.3 is 5.97 Å². The van der Waals surface area contributed by atoms with Crippen molar-refractivity contribution in [2.75, 3.05) is 26.9 Å². The number of carbonyl (C=O) groups is 1. The Morgan fingerprint density at radius 2 is 1.85 bits per heavy atom. The van der Waals surface area contributed by atoms with Gasteiger partial charge in [-0.15, -0.1) is 0 Å². The van der Waals surface area contributed by atoms with Crippen LogP contribution in [0.1, 0.15) is 58.3 Å².